The fraction of sp³-hybridized carbons (Fsp3) is 0.611. The first-order chi connectivity index (χ1) is 9.86. The van der Waals surface area contributed by atoms with Gasteiger partial charge in [-0.3, -0.25) is 0 Å². The Balaban J connectivity index is 1.74. The van der Waals surface area contributed by atoms with Gasteiger partial charge in [-0.1, -0.05) is 57.3 Å². The van der Waals surface area contributed by atoms with Gasteiger partial charge in [-0.2, -0.15) is 0 Å². The van der Waals surface area contributed by atoms with Crippen molar-refractivity contribution < 1.29 is 4.74 Å². The van der Waals surface area contributed by atoms with E-state index in [1.165, 1.54) is 19.3 Å². The number of thiocarbonyl (C=S) groups is 1. The molecule has 0 aliphatic heterocycles. The third-order valence-corrected chi connectivity index (χ3v) is 6.66. The zero-order valence-electron chi connectivity index (χ0n) is 13.2. The highest BCUT2D eigenvalue weighted by atomic mass is 32.1. The molecule has 2 saturated carbocycles. The van der Waals surface area contributed by atoms with Crippen LogP contribution in [0.15, 0.2) is 24.3 Å². The number of benzene rings is 1. The highest BCUT2D eigenvalue weighted by Crippen LogP contribution is 2.66. The second-order valence-electron chi connectivity index (χ2n) is 7.43. The van der Waals surface area contributed by atoms with Crippen LogP contribution < -0.4 is 5.73 Å². The van der Waals surface area contributed by atoms with E-state index in [1.54, 1.807) is 0 Å². The molecule has 2 fully saturated rings. The minimum atomic E-state index is 0.301. The molecule has 2 N–H and O–H groups in total. The molecular formula is C18H25NOS. The molecule has 3 unspecified atom stereocenters. The summed E-state index contributed by atoms with van der Waals surface area (Å²) >= 11 is 5.13. The molecule has 0 spiro atoms. The molecule has 2 aliphatic rings. The second-order valence-corrected chi connectivity index (χ2v) is 7.87. The third kappa shape index (κ3) is 2.22. The molecule has 1 aromatic rings. The van der Waals surface area contributed by atoms with Gasteiger partial charge >= 0.3 is 0 Å². The molecule has 21 heavy (non-hydrogen) atoms. The van der Waals surface area contributed by atoms with Crippen LogP contribution in [0.5, 0.6) is 0 Å². The highest BCUT2D eigenvalue weighted by Gasteiger charge is 2.61. The summed E-state index contributed by atoms with van der Waals surface area (Å²) in [6.07, 6.45) is 4.18. The SMILES string of the molecule is CC1(C)C2CCC1(C)C(OCc1ccccc1C(N)=S)C2. The average molecular weight is 303 g/mol. The van der Waals surface area contributed by atoms with Gasteiger partial charge in [-0.15, -0.1) is 0 Å². The molecule has 0 radical (unpaired) electrons. The van der Waals surface area contributed by atoms with E-state index in [9.17, 15) is 0 Å². The van der Waals surface area contributed by atoms with Crippen molar-refractivity contribution in [1.82, 2.24) is 0 Å². The van der Waals surface area contributed by atoms with Crippen molar-refractivity contribution in [3.63, 3.8) is 0 Å². The maximum absolute atomic E-state index is 6.34. The van der Waals surface area contributed by atoms with E-state index < -0.39 is 0 Å². The van der Waals surface area contributed by atoms with Crippen LogP contribution in [-0.4, -0.2) is 11.1 Å². The number of fused-ring (bicyclic) bond motifs is 2. The van der Waals surface area contributed by atoms with Gasteiger partial charge in [-0.05, 0) is 41.6 Å². The zero-order chi connectivity index (χ0) is 15.3. The number of ether oxygens (including phenoxy) is 1. The zero-order valence-corrected chi connectivity index (χ0v) is 14.0. The van der Waals surface area contributed by atoms with Crippen molar-refractivity contribution in [2.45, 2.75) is 52.7 Å². The van der Waals surface area contributed by atoms with Gasteiger partial charge in [0.25, 0.3) is 0 Å². The summed E-state index contributed by atoms with van der Waals surface area (Å²) in [5.74, 6) is 0.804. The summed E-state index contributed by atoms with van der Waals surface area (Å²) in [7, 11) is 0. The molecular weight excluding hydrogens is 278 g/mol. The Morgan fingerprint density at radius 1 is 1.33 bits per heavy atom. The lowest BCUT2D eigenvalue weighted by Gasteiger charge is -2.39. The van der Waals surface area contributed by atoms with Gasteiger partial charge in [0.05, 0.1) is 12.7 Å². The quantitative estimate of drug-likeness (QED) is 0.852. The van der Waals surface area contributed by atoms with Crippen molar-refractivity contribution in [2.75, 3.05) is 0 Å². The first-order valence-corrected chi connectivity index (χ1v) is 8.26. The smallest absolute Gasteiger partial charge is 0.104 e. The van der Waals surface area contributed by atoms with E-state index in [1.807, 2.05) is 18.2 Å². The van der Waals surface area contributed by atoms with E-state index in [0.29, 0.717) is 28.5 Å². The molecule has 0 heterocycles. The molecule has 2 bridgehead atoms. The lowest BCUT2D eigenvalue weighted by Crippen LogP contribution is -2.37. The number of rotatable bonds is 4. The lowest BCUT2D eigenvalue weighted by atomic mass is 9.70. The molecule has 0 amide bonds. The van der Waals surface area contributed by atoms with E-state index >= 15 is 0 Å². The van der Waals surface area contributed by atoms with Crippen molar-refractivity contribution >= 4 is 17.2 Å². The third-order valence-electron chi connectivity index (χ3n) is 6.44. The molecule has 3 heteroatoms. The number of hydrogen-bond donors (Lipinski definition) is 1. The van der Waals surface area contributed by atoms with E-state index in [4.69, 9.17) is 22.7 Å². The van der Waals surface area contributed by atoms with Gasteiger partial charge < -0.3 is 10.5 Å². The predicted octanol–water partition coefficient (Wildman–Crippen LogP) is 4.05. The maximum atomic E-state index is 6.34. The standard InChI is InChI=1S/C18H25NOS/c1-17(2)13-8-9-18(17,3)15(10-13)20-11-12-6-4-5-7-14(12)16(19)21/h4-7,13,15H,8-11H2,1-3H3,(H2,19,21). The summed E-state index contributed by atoms with van der Waals surface area (Å²) in [5, 5.41) is 0. The molecule has 1 aromatic carbocycles. The topological polar surface area (TPSA) is 35.2 Å². The second kappa shape index (κ2) is 5.06. The van der Waals surface area contributed by atoms with Crippen LogP contribution in [0.25, 0.3) is 0 Å². The summed E-state index contributed by atoms with van der Waals surface area (Å²) in [6.45, 7) is 7.84. The molecule has 3 rings (SSSR count). The summed E-state index contributed by atoms with van der Waals surface area (Å²) < 4.78 is 6.34. The fourth-order valence-corrected chi connectivity index (χ4v) is 4.66. The van der Waals surface area contributed by atoms with Crippen molar-refractivity contribution in [3.8, 4) is 0 Å². The molecule has 2 aliphatic carbocycles. The monoisotopic (exact) mass is 303 g/mol. The number of nitrogens with two attached hydrogens (primary N) is 1. The van der Waals surface area contributed by atoms with Crippen LogP contribution in [0.3, 0.4) is 0 Å². The highest BCUT2D eigenvalue weighted by molar-refractivity contribution is 7.80. The van der Waals surface area contributed by atoms with Crippen molar-refractivity contribution in [3.05, 3.63) is 35.4 Å². The van der Waals surface area contributed by atoms with E-state index in [0.717, 1.165) is 17.0 Å². The molecule has 3 atom stereocenters. The van der Waals surface area contributed by atoms with Crippen LogP contribution in [0.2, 0.25) is 0 Å². The predicted molar refractivity (Wildman–Crippen MR) is 90.1 cm³/mol. The van der Waals surface area contributed by atoms with Gasteiger partial charge in [0.1, 0.15) is 4.99 Å². The van der Waals surface area contributed by atoms with Gasteiger partial charge in [0, 0.05) is 5.56 Å². The Kier molecular flexibility index (Phi) is 3.61. The Morgan fingerprint density at radius 3 is 2.62 bits per heavy atom. The first kappa shape index (κ1) is 15.0. The van der Waals surface area contributed by atoms with Crippen LogP contribution >= 0.6 is 12.2 Å². The summed E-state index contributed by atoms with van der Waals surface area (Å²) in [5.41, 5.74) is 8.54. The normalized spacial score (nSPS) is 33.3. The molecule has 2 nitrogen and oxygen atoms in total. The number of hydrogen-bond acceptors (Lipinski definition) is 2. The maximum Gasteiger partial charge on any atom is 0.104 e. The van der Waals surface area contributed by atoms with E-state index in [2.05, 4.69) is 26.8 Å². The fourth-order valence-electron chi connectivity index (χ4n) is 4.46. The van der Waals surface area contributed by atoms with Gasteiger partial charge in [0.2, 0.25) is 0 Å². The molecule has 114 valence electrons. The Bertz CT molecular complexity index is 568. The summed E-state index contributed by atoms with van der Waals surface area (Å²) in [6, 6.07) is 8.04. The Labute approximate surface area is 133 Å². The van der Waals surface area contributed by atoms with Gasteiger partial charge in [-0.25, -0.2) is 0 Å². The minimum Gasteiger partial charge on any atom is -0.389 e. The van der Waals surface area contributed by atoms with Crippen LogP contribution in [0, 0.1) is 16.7 Å². The average Bonchev–Trinajstić information content (AvgIpc) is 2.78. The molecule has 0 aromatic heterocycles. The minimum absolute atomic E-state index is 0.301. The van der Waals surface area contributed by atoms with E-state index in [-0.39, 0.29) is 0 Å². The van der Waals surface area contributed by atoms with Crippen LogP contribution in [0.4, 0.5) is 0 Å². The van der Waals surface area contributed by atoms with Crippen LogP contribution in [-0.2, 0) is 11.3 Å². The van der Waals surface area contributed by atoms with Gasteiger partial charge in [0.15, 0.2) is 0 Å². The van der Waals surface area contributed by atoms with Crippen LogP contribution in [0.1, 0.15) is 51.2 Å². The van der Waals surface area contributed by atoms with Crippen molar-refractivity contribution in [2.24, 2.45) is 22.5 Å². The molecule has 0 saturated heterocycles. The summed E-state index contributed by atoms with van der Waals surface area (Å²) in [4.78, 5) is 0.452. The Hall–Kier alpha value is -0.930. The Morgan fingerprint density at radius 2 is 2.05 bits per heavy atom. The largest absolute Gasteiger partial charge is 0.389 e. The van der Waals surface area contributed by atoms with Crippen molar-refractivity contribution in [1.29, 1.82) is 0 Å². The lowest BCUT2D eigenvalue weighted by molar-refractivity contribution is -0.0550. The first-order valence-electron chi connectivity index (χ1n) is 7.85.